The predicted molar refractivity (Wildman–Crippen MR) is 77.7 cm³/mol. The van der Waals surface area contributed by atoms with E-state index in [2.05, 4.69) is 4.99 Å². The van der Waals surface area contributed by atoms with Crippen molar-refractivity contribution in [1.29, 1.82) is 0 Å². The molecule has 0 spiro atoms. The van der Waals surface area contributed by atoms with E-state index in [1.807, 2.05) is 34.9 Å². The molecule has 1 saturated heterocycles. The highest BCUT2D eigenvalue weighted by Gasteiger charge is 2.30. The van der Waals surface area contributed by atoms with Gasteiger partial charge < -0.3 is 14.5 Å². The van der Waals surface area contributed by atoms with E-state index in [1.54, 1.807) is 9.80 Å². The van der Waals surface area contributed by atoms with Crippen LogP contribution in [0, 0.1) is 5.92 Å². The van der Waals surface area contributed by atoms with E-state index in [9.17, 15) is 9.59 Å². The second-order valence-electron chi connectivity index (χ2n) is 6.31. The summed E-state index contributed by atoms with van der Waals surface area (Å²) in [5.41, 5.74) is -0.517. The maximum absolute atomic E-state index is 12.0. The molecule has 1 rings (SSSR count). The third-order valence-corrected chi connectivity index (χ3v) is 2.84. The largest absolute Gasteiger partial charge is 0.444 e. The van der Waals surface area contributed by atoms with Crippen LogP contribution in [0.3, 0.4) is 0 Å². The molecule has 20 heavy (non-hydrogen) atoms. The Bertz CT molecular complexity index is 386. The monoisotopic (exact) mass is 283 g/mol. The Labute approximate surface area is 120 Å². The van der Waals surface area contributed by atoms with Crippen LogP contribution in [0.2, 0.25) is 0 Å². The van der Waals surface area contributed by atoms with E-state index in [4.69, 9.17) is 4.74 Å². The van der Waals surface area contributed by atoms with E-state index >= 15 is 0 Å². The molecule has 0 unspecified atom stereocenters. The van der Waals surface area contributed by atoms with Crippen LogP contribution < -0.4 is 0 Å². The highest BCUT2D eigenvalue weighted by molar-refractivity contribution is 5.86. The molecular formula is C14H25N3O3. The van der Waals surface area contributed by atoms with Crippen molar-refractivity contribution in [3.63, 3.8) is 0 Å². The molecule has 1 atom stereocenters. The molecule has 2 amide bonds. The number of amides is 2. The topological polar surface area (TPSA) is 62.2 Å². The summed E-state index contributed by atoms with van der Waals surface area (Å²) in [6.45, 7) is 6.52. The zero-order chi connectivity index (χ0) is 15.3. The van der Waals surface area contributed by atoms with Gasteiger partial charge in [0.25, 0.3) is 5.91 Å². The van der Waals surface area contributed by atoms with Gasteiger partial charge in [-0.15, -0.1) is 0 Å². The Morgan fingerprint density at radius 3 is 2.55 bits per heavy atom. The Kier molecular flexibility index (Phi) is 5.53. The average molecular weight is 283 g/mol. The minimum absolute atomic E-state index is 0.174. The van der Waals surface area contributed by atoms with Crippen molar-refractivity contribution < 1.29 is 14.3 Å². The summed E-state index contributed by atoms with van der Waals surface area (Å²) in [4.78, 5) is 31.2. The quantitative estimate of drug-likeness (QED) is 0.572. The van der Waals surface area contributed by atoms with Crippen LogP contribution in [0.4, 0.5) is 4.79 Å². The number of ether oxygens (including phenoxy) is 1. The smallest absolute Gasteiger partial charge is 0.410 e. The first-order valence-electron chi connectivity index (χ1n) is 6.91. The number of rotatable bonds is 2. The maximum atomic E-state index is 12.0. The number of likely N-dealkylation sites (tertiary alicyclic amines) is 1. The van der Waals surface area contributed by atoms with Crippen molar-refractivity contribution in [1.82, 2.24) is 9.80 Å². The fourth-order valence-electron chi connectivity index (χ4n) is 1.95. The lowest BCUT2D eigenvalue weighted by molar-refractivity contribution is -0.123. The third-order valence-electron chi connectivity index (χ3n) is 2.84. The first kappa shape index (κ1) is 16.5. The normalized spacial score (nSPS) is 20.1. The Morgan fingerprint density at radius 1 is 1.35 bits per heavy atom. The number of nitrogens with zero attached hydrogens (tertiary/aromatic N) is 3. The summed E-state index contributed by atoms with van der Waals surface area (Å²) in [7, 11) is 3.62. The minimum Gasteiger partial charge on any atom is -0.444 e. The molecule has 0 aliphatic carbocycles. The van der Waals surface area contributed by atoms with Crippen molar-refractivity contribution in [2.45, 2.75) is 39.2 Å². The van der Waals surface area contributed by atoms with E-state index in [0.717, 1.165) is 12.8 Å². The van der Waals surface area contributed by atoms with Crippen LogP contribution in [0.15, 0.2) is 4.99 Å². The fraction of sp³-hybridized carbons (Fsp3) is 0.786. The number of aliphatic imine (C=N–C) groups is 1. The lowest BCUT2D eigenvalue weighted by Gasteiger charge is -2.32. The highest BCUT2D eigenvalue weighted by atomic mass is 16.6. The second kappa shape index (κ2) is 6.72. The second-order valence-corrected chi connectivity index (χ2v) is 6.31. The minimum atomic E-state index is -0.517. The molecule has 6 heteroatoms. The van der Waals surface area contributed by atoms with Gasteiger partial charge in [-0.1, -0.05) is 0 Å². The molecule has 1 heterocycles. The van der Waals surface area contributed by atoms with Crippen molar-refractivity contribution >= 4 is 18.3 Å². The number of hydrogen-bond donors (Lipinski definition) is 0. The Morgan fingerprint density at radius 2 is 2.00 bits per heavy atom. The van der Waals surface area contributed by atoms with Gasteiger partial charge in [-0.25, -0.2) is 9.79 Å². The first-order chi connectivity index (χ1) is 9.19. The predicted octanol–water partition coefficient (Wildman–Crippen LogP) is 1.75. The van der Waals surface area contributed by atoms with E-state index in [0.29, 0.717) is 13.1 Å². The summed E-state index contributed by atoms with van der Waals surface area (Å²) in [6.07, 6.45) is 2.71. The van der Waals surface area contributed by atoms with Gasteiger partial charge in [0.1, 0.15) is 5.60 Å². The molecular weight excluding hydrogens is 258 g/mol. The molecule has 0 aromatic rings. The van der Waals surface area contributed by atoms with Gasteiger partial charge in [-0.05, 0) is 33.6 Å². The first-order valence-corrected chi connectivity index (χ1v) is 6.91. The van der Waals surface area contributed by atoms with Gasteiger partial charge in [-0.2, -0.15) is 0 Å². The molecule has 0 radical (unpaired) electrons. The summed E-state index contributed by atoms with van der Waals surface area (Å²) < 4.78 is 5.33. The summed E-state index contributed by atoms with van der Waals surface area (Å²) in [5.74, 6) is -0.403. The molecule has 0 N–H and O–H groups in total. The zero-order valence-corrected chi connectivity index (χ0v) is 13.0. The number of carbonyl (C=O) groups is 2. The Balaban J connectivity index is 2.58. The van der Waals surface area contributed by atoms with Crippen LogP contribution in [0.5, 0.6) is 0 Å². The number of piperidine rings is 1. The summed E-state index contributed by atoms with van der Waals surface area (Å²) in [6, 6.07) is 0. The zero-order valence-electron chi connectivity index (χ0n) is 13.0. The number of carbonyl (C=O) groups excluding carboxylic acids is 2. The lowest BCUT2D eigenvalue weighted by Crippen LogP contribution is -2.44. The molecule has 1 fully saturated rings. The summed E-state index contributed by atoms with van der Waals surface area (Å²) >= 11 is 0. The van der Waals surface area contributed by atoms with Gasteiger partial charge in [0, 0.05) is 27.2 Å². The molecule has 114 valence electrons. The maximum Gasteiger partial charge on any atom is 0.410 e. The lowest BCUT2D eigenvalue weighted by atomic mass is 9.98. The molecule has 0 aromatic heterocycles. The molecule has 0 bridgehead atoms. The van der Waals surface area contributed by atoms with Crippen LogP contribution in [0.1, 0.15) is 33.6 Å². The van der Waals surface area contributed by atoms with Crippen molar-refractivity contribution in [2.75, 3.05) is 27.2 Å². The van der Waals surface area contributed by atoms with Gasteiger partial charge in [0.05, 0.1) is 12.3 Å². The van der Waals surface area contributed by atoms with Crippen molar-refractivity contribution in [3.05, 3.63) is 0 Å². The van der Waals surface area contributed by atoms with Gasteiger partial charge in [0.2, 0.25) is 0 Å². The van der Waals surface area contributed by atoms with E-state index < -0.39 is 5.60 Å². The number of hydrogen-bond acceptors (Lipinski definition) is 3. The van der Waals surface area contributed by atoms with Crippen LogP contribution in [-0.4, -0.2) is 60.9 Å². The highest BCUT2D eigenvalue weighted by Crippen LogP contribution is 2.20. The fourth-order valence-corrected chi connectivity index (χ4v) is 1.95. The van der Waals surface area contributed by atoms with Gasteiger partial charge >= 0.3 is 6.09 Å². The van der Waals surface area contributed by atoms with Crippen LogP contribution in [-0.2, 0) is 9.53 Å². The molecule has 6 nitrogen and oxygen atoms in total. The SMILES string of the molecule is CN(C)C=NC(=O)[C@@H]1CCCN(C(=O)OC(C)(C)C)C1. The molecule has 0 saturated carbocycles. The Hall–Kier alpha value is -1.59. The third kappa shape index (κ3) is 5.59. The van der Waals surface area contributed by atoms with Crippen molar-refractivity contribution in [2.24, 2.45) is 10.9 Å². The molecule has 1 aliphatic heterocycles. The van der Waals surface area contributed by atoms with Gasteiger partial charge in [0.15, 0.2) is 0 Å². The summed E-state index contributed by atoms with van der Waals surface area (Å²) in [5, 5.41) is 0. The average Bonchev–Trinajstić information content (AvgIpc) is 2.34. The van der Waals surface area contributed by atoms with Crippen LogP contribution >= 0.6 is 0 Å². The van der Waals surface area contributed by atoms with Crippen LogP contribution in [0.25, 0.3) is 0 Å². The molecule has 0 aromatic carbocycles. The van der Waals surface area contributed by atoms with E-state index in [1.165, 1.54) is 6.34 Å². The van der Waals surface area contributed by atoms with Gasteiger partial charge in [-0.3, -0.25) is 4.79 Å². The van der Waals surface area contributed by atoms with Crippen molar-refractivity contribution in [3.8, 4) is 0 Å². The molecule has 1 aliphatic rings. The van der Waals surface area contributed by atoms with E-state index in [-0.39, 0.29) is 17.9 Å². The standard InChI is InChI=1S/C14H25N3O3/c1-14(2,3)20-13(19)17-8-6-7-11(9-17)12(18)15-10-16(4)5/h10-11H,6-9H2,1-5H3/t11-/m1/s1.